The number of hydrogen-bond donors (Lipinski definition) is 2. The van der Waals surface area contributed by atoms with Gasteiger partial charge in [-0.1, -0.05) is 24.3 Å². The Kier molecular flexibility index (Phi) is 4.93. The first-order valence-electron chi connectivity index (χ1n) is 8.59. The SMILES string of the molecule is COc1ccc2cc(C(C)C(=O)N[C@H]3CC[C@@H](C(=O)O)C3)ccc2c1. The largest absolute Gasteiger partial charge is 0.497 e. The number of carbonyl (C=O) groups is 2. The predicted octanol–water partition coefficient (Wildman–Crippen LogP) is 3.32. The van der Waals surface area contributed by atoms with Crippen molar-refractivity contribution in [3.63, 3.8) is 0 Å². The van der Waals surface area contributed by atoms with Crippen LogP contribution in [0.4, 0.5) is 0 Å². The van der Waals surface area contributed by atoms with Crippen LogP contribution in [0.5, 0.6) is 5.75 Å². The van der Waals surface area contributed by atoms with E-state index in [-0.39, 0.29) is 23.8 Å². The van der Waals surface area contributed by atoms with E-state index in [0.29, 0.717) is 12.8 Å². The summed E-state index contributed by atoms with van der Waals surface area (Å²) in [4.78, 5) is 23.6. The smallest absolute Gasteiger partial charge is 0.306 e. The van der Waals surface area contributed by atoms with Crippen LogP contribution in [0, 0.1) is 5.92 Å². The van der Waals surface area contributed by atoms with E-state index in [2.05, 4.69) is 5.32 Å². The van der Waals surface area contributed by atoms with E-state index in [4.69, 9.17) is 9.84 Å². The van der Waals surface area contributed by atoms with E-state index in [1.807, 2.05) is 43.3 Å². The third kappa shape index (κ3) is 3.76. The number of rotatable bonds is 5. The molecule has 0 spiro atoms. The topological polar surface area (TPSA) is 75.6 Å². The fourth-order valence-corrected chi connectivity index (χ4v) is 3.45. The minimum Gasteiger partial charge on any atom is -0.497 e. The van der Waals surface area contributed by atoms with Crippen molar-refractivity contribution in [2.75, 3.05) is 7.11 Å². The van der Waals surface area contributed by atoms with Crippen LogP contribution in [0.2, 0.25) is 0 Å². The lowest BCUT2D eigenvalue weighted by atomic mass is 9.96. The summed E-state index contributed by atoms with van der Waals surface area (Å²) in [5, 5.41) is 14.2. The van der Waals surface area contributed by atoms with Gasteiger partial charge in [0.2, 0.25) is 5.91 Å². The fourth-order valence-electron chi connectivity index (χ4n) is 3.45. The number of carboxylic acid groups (broad SMARTS) is 1. The molecule has 0 aliphatic heterocycles. The third-order valence-electron chi connectivity index (χ3n) is 5.09. The normalized spacial score (nSPS) is 21.0. The molecule has 1 fully saturated rings. The first kappa shape index (κ1) is 17.3. The minimum atomic E-state index is -0.769. The highest BCUT2D eigenvalue weighted by Crippen LogP contribution is 2.28. The first-order valence-corrected chi connectivity index (χ1v) is 8.59. The van der Waals surface area contributed by atoms with Crippen LogP contribution in [0.15, 0.2) is 36.4 Å². The zero-order valence-corrected chi connectivity index (χ0v) is 14.5. The lowest BCUT2D eigenvalue weighted by molar-refractivity contribution is -0.141. The quantitative estimate of drug-likeness (QED) is 0.875. The molecule has 0 aromatic heterocycles. The van der Waals surface area contributed by atoms with E-state index < -0.39 is 5.97 Å². The van der Waals surface area contributed by atoms with Crippen LogP contribution in [0.3, 0.4) is 0 Å². The van der Waals surface area contributed by atoms with Gasteiger partial charge < -0.3 is 15.2 Å². The van der Waals surface area contributed by atoms with Crippen molar-refractivity contribution in [3.8, 4) is 5.75 Å². The Labute approximate surface area is 147 Å². The molecule has 2 aromatic rings. The summed E-state index contributed by atoms with van der Waals surface area (Å²) >= 11 is 0. The van der Waals surface area contributed by atoms with Gasteiger partial charge in [-0.2, -0.15) is 0 Å². The molecule has 132 valence electrons. The number of nitrogens with one attached hydrogen (secondary N) is 1. The Hall–Kier alpha value is -2.56. The molecular formula is C20H23NO4. The van der Waals surface area contributed by atoms with E-state index in [1.165, 1.54) is 0 Å². The van der Waals surface area contributed by atoms with Crippen molar-refractivity contribution >= 4 is 22.6 Å². The number of methoxy groups -OCH3 is 1. The van der Waals surface area contributed by atoms with Gasteiger partial charge in [0.15, 0.2) is 0 Å². The summed E-state index contributed by atoms with van der Waals surface area (Å²) < 4.78 is 5.23. The van der Waals surface area contributed by atoms with Crippen molar-refractivity contribution in [3.05, 3.63) is 42.0 Å². The molecule has 1 amide bonds. The molecule has 3 rings (SSSR count). The Balaban J connectivity index is 1.69. The Bertz CT molecular complexity index is 801. The second-order valence-corrected chi connectivity index (χ2v) is 6.75. The molecule has 0 bridgehead atoms. The first-order chi connectivity index (χ1) is 12.0. The van der Waals surface area contributed by atoms with Crippen LogP contribution in [0.25, 0.3) is 10.8 Å². The number of carboxylic acids is 1. The summed E-state index contributed by atoms with van der Waals surface area (Å²) in [5.41, 5.74) is 0.947. The van der Waals surface area contributed by atoms with Crippen LogP contribution >= 0.6 is 0 Å². The van der Waals surface area contributed by atoms with Crippen LogP contribution in [-0.4, -0.2) is 30.1 Å². The molecule has 0 heterocycles. The average molecular weight is 341 g/mol. The number of amides is 1. The van der Waals surface area contributed by atoms with Gasteiger partial charge >= 0.3 is 5.97 Å². The Morgan fingerprint density at radius 3 is 2.56 bits per heavy atom. The maximum absolute atomic E-state index is 12.5. The molecular weight excluding hydrogens is 318 g/mol. The lowest BCUT2D eigenvalue weighted by Gasteiger charge is -2.17. The molecule has 0 saturated heterocycles. The van der Waals surface area contributed by atoms with Gasteiger partial charge in [0.1, 0.15) is 5.75 Å². The second kappa shape index (κ2) is 7.13. The zero-order valence-electron chi connectivity index (χ0n) is 14.5. The highest BCUT2D eigenvalue weighted by atomic mass is 16.5. The average Bonchev–Trinajstić information content (AvgIpc) is 3.08. The van der Waals surface area contributed by atoms with Gasteiger partial charge in [0.05, 0.1) is 18.9 Å². The predicted molar refractivity (Wildman–Crippen MR) is 95.8 cm³/mol. The molecule has 1 aliphatic carbocycles. The number of ether oxygens (including phenoxy) is 1. The molecule has 2 N–H and O–H groups in total. The van der Waals surface area contributed by atoms with Crippen LogP contribution < -0.4 is 10.1 Å². The van der Waals surface area contributed by atoms with Gasteiger partial charge in [0, 0.05) is 6.04 Å². The summed E-state index contributed by atoms with van der Waals surface area (Å²) in [5.74, 6) is -0.634. The molecule has 1 unspecified atom stereocenters. The molecule has 2 aromatic carbocycles. The standard InChI is InChI=1S/C20H23NO4/c1-12(19(22)21-17-7-5-16(10-17)20(23)24)13-3-4-15-11-18(25-2)8-6-14(15)9-13/h3-4,6,8-9,11-12,16-17H,5,7,10H2,1-2H3,(H,21,22)(H,23,24)/t12?,16-,17+/m1/s1. The van der Waals surface area contributed by atoms with E-state index in [1.54, 1.807) is 7.11 Å². The number of aliphatic carboxylic acids is 1. The number of fused-ring (bicyclic) bond motifs is 1. The van der Waals surface area contributed by atoms with Crippen molar-refractivity contribution in [2.45, 2.75) is 38.1 Å². The Morgan fingerprint density at radius 1 is 1.16 bits per heavy atom. The molecule has 0 radical (unpaired) electrons. The van der Waals surface area contributed by atoms with Crippen molar-refractivity contribution in [1.29, 1.82) is 0 Å². The summed E-state index contributed by atoms with van der Waals surface area (Å²) in [7, 11) is 1.64. The van der Waals surface area contributed by atoms with Gasteiger partial charge in [0.25, 0.3) is 0 Å². The maximum Gasteiger partial charge on any atom is 0.306 e. The van der Waals surface area contributed by atoms with Crippen molar-refractivity contribution in [2.24, 2.45) is 5.92 Å². The molecule has 5 heteroatoms. The van der Waals surface area contributed by atoms with E-state index in [0.717, 1.165) is 28.5 Å². The van der Waals surface area contributed by atoms with E-state index >= 15 is 0 Å². The minimum absolute atomic E-state index is 0.0410. The molecule has 3 atom stereocenters. The Morgan fingerprint density at radius 2 is 1.88 bits per heavy atom. The van der Waals surface area contributed by atoms with Crippen LogP contribution in [-0.2, 0) is 9.59 Å². The molecule has 1 saturated carbocycles. The fraction of sp³-hybridized carbons (Fsp3) is 0.400. The summed E-state index contributed by atoms with van der Waals surface area (Å²) in [6.45, 7) is 1.88. The van der Waals surface area contributed by atoms with Gasteiger partial charge in [-0.3, -0.25) is 9.59 Å². The molecule has 5 nitrogen and oxygen atoms in total. The number of benzene rings is 2. The van der Waals surface area contributed by atoms with Crippen molar-refractivity contribution in [1.82, 2.24) is 5.32 Å². The van der Waals surface area contributed by atoms with Crippen molar-refractivity contribution < 1.29 is 19.4 Å². The van der Waals surface area contributed by atoms with Gasteiger partial charge in [-0.05, 0) is 54.7 Å². The monoisotopic (exact) mass is 341 g/mol. The van der Waals surface area contributed by atoms with Gasteiger partial charge in [-0.25, -0.2) is 0 Å². The molecule has 1 aliphatic rings. The third-order valence-corrected chi connectivity index (χ3v) is 5.09. The second-order valence-electron chi connectivity index (χ2n) is 6.75. The highest BCUT2D eigenvalue weighted by molar-refractivity contribution is 5.88. The lowest BCUT2D eigenvalue weighted by Crippen LogP contribution is -2.36. The maximum atomic E-state index is 12.5. The highest BCUT2D eigenvalue weighted by Gasteiger charge is 2.31. The van der Waals surface area contributed by atoms with Gasteiger partial charge in [-0.15, -0.1) is 0 Å². The number of carbonyl (C=O) groups excluding carboxylic acids is 1. The molecule has 25 heavy (non-hydrogen) atoms. The summed E-state index contributed by atoms with van der Waals surface area (Å²) in [6, 6.07) is 11.8. The zero-order chi connectivity index (χ0) is 18.0. The summed E-state index contributed by atoms with van der Waals surface area (Å²) in [6.07, 6.45) is 1.88. The van der Waals surface area contributed by atoms with Crippen LogP contribution in [0.1, 0.15) is 37.7 Å². The number of hydrogen-bond acceptors (Lipinski definition) is 3. The van der Waals surface area contributed by atoms with E-state index in [9.17, 15) is 9.59 Å².